The molecule has 1 N–H and O–H groups in total. The molecule has 1 heterocycles. The molecule has 72 valence electrons. The zero-order valence-electron chi connectivity index (χ0n) is 7.20. The Morgan fingerprint density at radius 1 is 1.62 bits per heavy atom. The van der Waals surface area contributed by atoms with Crippen LogP contribution in [-0.2, 0) is 14.3 Å². The van der Waals surface area contributed by atoms with E-state index in [1.807, 2.05) is 0 Å². The molecule has 0 spiro atoms. The lowest BCUT2D eigenvalue weighted by molar-refractivity contribution is -0.141. The lowest BCUT2D eigenvalue weighted by atomic mass is 10.4. The van der Waals surface area contributed by atoms with Crippen molar-refractivity contribution in [3.8, 4) is 0 Å². The fourth-order valence-corrected chi connectivity index (χ4v) is 0.987. The number of nitrogens with zero attached hydrogens (tertiary/aromatic N) is 1. The molecule has 0 radical (unpaired) electrons. The SMILES string of the molecule is COC(=O)CCN1C(=O)CNC1=O. The van der Waals surface area contributed by atoms with Crippen molar-refractivity contribution in [2.45, 2.75) is 6.42 Å². The van der Waals surface area contributed by atoms with Gasteiger partial charge in [0.1, 0.15) is 0 Å². The predicted molar refractivity (Wildman–Crippen MR) is 41.7 cm³/mol. The largest absolute Gasteiger partial charge is 0.469 e. The van der Waals surface area contributed by atoms with E-state index in [4.69, 9.17) is 0 Å². The summed E-state index contributed by atoms with van der Waals surface area (Å²) < 4.78 is 4.37. The first-order chi connectivity index (χ1) is 6.15. The maximum Gasteiger partial charge on any atom is 0.324 e. The number of urea groups is 1. The van der Waals surface area contributed by atoms with Crippen LogP contribution in [0.1, 0.15) is 6.42 Å². The number of carbonyl (C=O) groups excluding carboxylic acids is 3. The van der Waals surface area contributed by atoms with Gasteiger partial charge in [0, 0.05) is 6.54 Å². The third-order valence-electron chi connectivity index (χ3n) is 1.70. The number of rotatable bonds is 3. The first-order valence-corrected chi connectivity index (χ1v) is 3.80. The second kappa shape index (κ2) is 3.88. The Morgan fingerprint density at radius 2 is 2.31 bits per heavy atom. The van der Waals surface area contributed by atoms with Gasteiger partial charge in [-0.2, -0.15) is 0 Å². The Morgan fingerprint density at radius 3 is 2.77 bits per heavy atom. The minimum absolute atomic E-state index is 0.0139. The third kappa shape index (κ3) is 2.17. The fourth-order valence-electron chi connectivity index (χ4n) is 0.987. The molecule has 0 atom stereocenters. The highest BCUT2D eigenvalue weighted by Crippen LogP contribution is 2.00. The molecular weight excluding hydrogens is 176 g/mol. The van der Waals surface area contributed by atoms with Crippen LogP contribution in [0.15, 0.2) is 0 Å². The molecule has 0 unspecified atom stereocenters. The number of methoxy groups -OCH3 is 1. The van der Waals surface area contributed by atoms with Crippen LogP contribution < -0.4 is 5.32 Å². The van der Waals surface area contributed by atoms with Gasteiger partial charge >= 0.3 is 12.0 Å². The first kappa shape index (κ1) is 9.50. The van der Waals surface area contributed by atoms with Crippen LogP contribution in [0, 0.1) is 0 Å². The summed E-state index contributed by atoms with van der Waals surface area (Å²) in [4.78, 5) is 33.6. The molecule has 0 aromatic rings. The second-order valence-corrected chi connectivity index (χ2v) is 2.53. The summed E-state index contributed by atoms with van der Waals surface area (Å²) >= 11 is 0. The lowest BCUT2D eigenvalue weighted by Crippen LogP contribution is -2.33. The van der Waals surface area contributed by atoms with E-state index in [2.05, 4.69) is 10.1 Å². The van der Waals surface area contributed by atoms with E-state index in [0.29, 0.717) is 0 Å². The van der Waals surface area contributed by atoms with Crippen LogP contribution in [0.5, 0.6) is 0 Å². The van der Waals surface area contributed by atoms with Crippen molar-refractivity contribution in [2.24, 2.45) is 0 Å². The normalized spacial score (nSPS) is 15.9. The van der Waals surface area contributed by atoms with Crippen molar-refractivity contribution in [1.29, 1.82) is 0 Å². The van der Waals surface area contributed by atoms with Crippen molar-refractivity contribution in [1.82, 2.24) is 10.2 Å². The Bertz CT molecular complexity index is 235. The number of ether oxygens (including phenoxy) is 1. The number of amides is 3. The van der Waals surface area contributed by atoms with Gasteiger partial charge in [-0.1, -0.05) is 0 Å². The second-order valence-electron chi connectivity index (χ2n) is 2.53. The zero-order chi connectivity index (χ0) is 9.84. The smallest absolute Gasteiger partial charge is 0.324 e. The summed E-state index contributed by atoms with van der Waals surface area (Å²) in [6.07, 6.45) is 0.0374. The highest BCUT2D eigenvalue weighted by Gasteiger charge is 2.28. The molecule has 1 aliphatic heterocycles. The van der Waals surface area contributed by atoms with Gasteiger partial charge in [-0.3, -0.25) is 14.5 Å². The number of hydrogen-bond acceptors (Lipinski definition) is 4. The van der Waals surface area contributed by atoms with Crippen molar-refractivity contribution in [3.63, 3.8) is 0 Å². The molecule has 1 rings (SSSR count). The lowest BCUT2D eigenvalue weighted by Gasteiger charge is -2.10. The highest BCUT2D eigenvalue weighted by molar-refractivity contribution is 6.02. The third-order valence-corrected chi connectivity index (χ3v) is 1.70. The number of nitrogens with one attached hydrogen (secondary N) is 1. The van der Waals surface area contributed by atoms with Gasteiger partial charge in [-0.15, -0.1) is 0 Å². The van der Waals surface area contributed by atoms with E-state index in [0.717, 1.165) is 4.90 Å². The summed E-state index contributed by atoms with van der Waals surface area (Å²) in [7, 11) is 1.26. The summed E-state index contributed by atoms with van der Waals surface area (Å²) in [5.74, 6) is -0.749. The average molecular weight is 186 g/mol. The Labute approximate surface area is 74.8 Å². The summed E-state index contributed by atoms with van der Waals surface area (Å²) in [5, 5.41) is 2.35. The molecule has 6 heteroatoms. The average Bonchev–Trinajstić information content (AvgIpc) is 2.43. The standard InChI is InChI=1S/C7H10N2O4/c1-13-6(11)2-3-9-5(10)4-8-7(9)12/h2-4H2,1H3,(H,8,12). The van der Waals surface area contributed by atoms with Gasteiger partial charge in [0.05, 0.1) is 20.1 Å². The van der Waals surface area contributed by atoms with Crippen molar-refractivity contribution in [3.05, 3.63) is 0 Å². The quantitative estimate of drug-likeness (QED) is 0.458. The van der Waals surface area contributed by atoms with E-state index in [9.17, 15) is 14.4 Å². The highest BCUT2D eigenvalue weighted by atomic mass is 16.5. The van der Waals surface area contributed by atoms with Crippen LogP contribution >= 0.6 is 0 Å². The molecule has 0 aliphatic carbocycles. The maximum absolute atomic E-state index is 11.0. The van der Waals surface area contributed by atoms with Crippen LogP contribution in [0.25, 0.3) is 0 Å². The van der Waals surface area contributed by atoms with Crippen molar-refractivity contribution >= 4 is 17.9 Å². The topological polar surface area (TPSA) is 75.7 Å². The maximum atomic E-state index is 11.0. The van der Waals surface area contributed by atoms with E-state index in [1.54, 1.807) is 0 Å². The van der Waals surface area contributed by atoms with Crippen LogP contribution in [0.4, 0.5) is 4.79 Å². The van der Waals surface area contributed by atoms with Crippen LogP contribution in [-0.4, -0.2) is 43.0 Å². The molecule has 1 aliphatic rings. The number of imide groups is 1. The summed E-state index contributed by atoms with van der Waals surface area (Å²) in [5.41, 5.74) is 0. The Kier molecular flexibility index (Phi) is 2.84. The molecule has 0 saturated carbocycles. The Hall–Kier alpha value is -1.59. The number of hydrogen-bond donors (Lipinski definition) is 1. The van der Waals surface area contributed by atoms with Gasteiger partial charge in [-0.05, 0) is 0 Å². The minimum atomic E-state index is -0.450. The molecule has 0 bridgehead atoms. The monoisotopic (exact) mass is 186 g/mol. The molecule has 1 saturated heterocycles. The Balaban J connectivity index is 2.40. The zero-order valence-corrected chi connectivity index (χ0v) is 7.20. The molecule has 1 fully saturated rings. The summed E-state index contributed by atoms with van der Waals surface area (Å²) in [6, 6.07) is -0.450. The number of carbonyl (C=O) groups is 3. The van der Waals surface area contributed by atoms with E-state index >= 15 is 0 Å². The molecule has 6 nitrogen and oxygen atoms in total. The van der Waals surface area contributed by atoms with Gasteiger partial charge in [0.25, 0.3) is 0 Å². The molecule has 3 amide bonds. The van der Waals surface area contributed by atoms with Crippen LogP contribution in [0.2, 0.25) is 0 Å². The molecule has 13 heavy (non-hydrogen) atoms. The van der Waals surface area contributed by atoms with Crippen LogP contribution in [0.3, 0.4) is 0 Å². The van der Waals surface area contributed by atoms with E-state index < -0.39 is 12.0 Å². The fraction of sp³-hybridized carbons (Fsp3) is 0.571. The van der Waals surface area contributed by atoms with Gasteiger partial charge < -0.3 is 10.1 Å². The van der Waals surface area contributed by atoms with Crippen molar-refractivity contribution < 1.29 is 19.1 Å². The number of esters is 1. The molecular formula is C7H10N2O4. The molecule has 0 aromatic carbocycles. The summed E-state index contributed by atoms with van der Waals surface area (Å²) in [6.45, 7) is 0.0946. The van der Waals surface area contributed by atoms with E-state index in [-0.39, 0.29) is 25.4 Å². The van der Waals surface area contributed by atoms with Gasteiger partial charge in [-0.25, -0.2) is 4.79 Å². The van der Waals surface area contributed by atoms with E-state index in [1.165, 1.54) is 7.11 Å². The van der Waals surface area contributed by atoms with Gasteiger partial charge in [0.15, 0.2) is 0 Å². The molecule has 0 aromatic heterocycles. The minimum Gasteiger partial charge on any atom is -0.469 e. The van der Waals surface area contributed by atoms with Crippen molar-refractivity contribution in [2.75, 3.05) is 20.2 Å². The predicted octanol–water partition coefficient (Wildman–Crippen LogP) is -0.899. The van der Waals surface area contributed by atoms with Gasteiger partial charge in [0.2, 0.25) is 5.91 Å². The first-order valence-electron chi connectivity index (χ1n) is 3.80.